The van der Waals surface area contributed by atoms with Crippen molar-refractivity contribution < 1.29 is 14.6 Å². The summed E-state index contributed by atoms with van der Waals surface area (Å²) in [5, 5.41) is 16.4. The minimum Gasteiger partial charge on any atom is -0.494 e. The number of ether oxygens (including phenoxy) is 1. The molecule has 0 spiro atoms. The van der Waals surface area contributed by atoms with Crippen LogP contribution in [0.1, 0.15) is 23.6 Å². The number of benzene rings is 3. The van der Waals surface area contributed by atoms with Crippen LogP contribution >= 0.6 is 23.2 Å². The van der Waals surface area contributed by atoms with Crippen LogP contribution in [0.4, 0.5) is 0 Å². The van der Waals surface area contributed by atoms with Gasteiger partial charge in [0, 0.05) is 10.0 Å². The lowest BCUT2D eigenvalue weighted by atomic mass is 9.85. The van der Waals surface area contributed by atoms with Gasteiger partial charge in [0.2, 0.25) is 0 Å². The third-order valence-electron chi connectivity index (χ3n) is 4.42. The third kappa shape index (κ3) is 5.00. The predicted molar refractivity (Wildman–Crippen MR) is 119 cm³/mol. The number of hydrazone groups is 1. The van der Waals surface area contributed by atoms with Crippen LogP contribution in [0.15, 0.2) is 77.9 Å². The Kier molecular flexibility index (Phi) is 7.11. The number of hydrogen-bond donors (Lipinski definition) is 2. The molecular weight excluding hydrogens is 423 g/mol. The number of hydrogen-bond acceptors (Lipinski definition) is 4. The maximum Gasteiger partial charge on any atom is 0.281 e. The van der Waals surface area contributed by atoms with Gasteiger partial charge in [-0.25, -0.2) is 5.43 Å². The fourth-order valence-corrected chi connectivity index (χ4v) is 3.13. The van der Waals surface area contributed by atoms with E-state index >= 15 is 0 Å². The van der Waals surface area contributed by atoms with E-state index in [1.807, 2.05) is 31.2 Å². The second-order valence-electron chi connectivity index (χ2n) is 6.43. The summed E-state index contributed by atoms with van der Waals surface area (Å²) in [5.74, 6) is 0.0351. The van der Waals surface area contributed by atoms with Crippen molar-refractivity contribution in [1.29, 1.82) is 0 Å². The molecule has 0 aliphatic rings. The number of amides is 1. The topological polar surface area (TPSA) is 70.9 Å². The molecule has 0 saturated heterocycles. The molecule has 2 N–H and O–H groups in total. The van der Waals surface area contributed by atoms with Gasteiger partial charge in [-0.05, 0) is 72.1 Å². The van der Waals surface area contributed by atoms with E-state index < -0.39 is 11.5 Å². The Labute approximate surface area is 184 Å². The minimum absolute atomic E-state index is 0.350. The first kappa shape index (κ1) is 21.8. The Balaban J connectivity index is 1.85. The number of halogens is 2. The van der Waals surface area contributed by atoms with Gasteiger partial charge in [-0.1, -0.05) is 47.5 Å². The zero-order chi connectivity index (χ0) is 21.6. The molecule has 0 aliphatic heterocycles. The van der Waals surface area contributed by atoms with Crippen LogP contribution in [0.2, 0.25) is 10.0 Å². The SMILES string of the molecule is CCOc1ccc(/C=N\NC(=O)C(O)(c2ccc(Cl)cc2)c2ccc(Cl)cc2)cc1. The molecule has 0 aromatic heterocycles. The molecule has 154 valence electrons. The number of nitrogens with zero attached hydrogens (tertiary/aromatic N) is 1. The zero-order valence-corrected chi connectivity index (χ0v) is 17.7. The van der Waals surface area contributed by atoms with Crippen LogP contribution in [0.5, 0.6) is 5.75 Å². The summed E-state index contributed by atoms with van der Waals surface area (Å²) in [6.45, 7) is 2.49. The average Bonchev–Trinajstić information content (AvgIpc) is 2.75. The van der Waals surface area contributed by atoms with E-state index in [9.17, 15) is 9.90 Å². The van der Waals surface area contributed by atoms with Gasteiger partial charge in [0.1, 0.15) is 5.75 Å². The Morgan fingerprint density at radius 3 is 1.93 bits per heavy atom. The summed E-state index contributed by atoms with van der Waals surface area (Å²) in [7, 11) is 0. The van der Waals surface area contributed by atoms with Gasteiger partial charge in [0.25, 0.3) is 5.91 Å². The standard InChI is InChI=1S/C23H20Cl2N2O3/c1-2-30-21-13-3-16(4-14-21)15-26-27-22(28)23(29,17-5-9-19(24)10-6-17)18-7-11-20(25)12-8-18/h3-15,29H,2H2,1H3,(H,27,28)/b26-15-. The molecule has 0 heterocycles. The number of carbonyl (C=O) groups excluding carboxylic acids is 1. The maximum absolute atomic E-state index is 13.0. The fourth-order valence-electron chi connectivity index (χ4n) is 2.87. The summed E-state index contributed by atoms with van der Waals surface area (Å²) in [4.78, 5) is 13.0. The monoisotopic (exact) mass is 442 g/mol. The van der Waals surface area contributed by atoms with Crippen LogP contribution in [0.3, 0.4) is 0 Å². The lowest BCUT2D eigenvalue weighted by Crippen LogP contribution is -2.43. The molecule has 5 nitrogen and oxygen atoms in total. The number of carbonyl (C=O) groups is 1. The summed E-state index contributed by atoms with van der Waals surface area (Å²) in [6, 6.07) is 20.0. The van der Waals surface area contributed by atoms with Gasteiger partial charge >= 0.3 is 0 Å². The number of aliphatic hydroxyl groups is 1. The van der Waals surface area contributed by atoms with Crippen molar-refractivity contribution in [2.45, 2.75) is 12.5 Å². The number of nitrogens with one attached hydrogen (secondary N) is 1. The Bertz CT molecular complexity index is 972. The van der Waals surface area contributed by atoms with Gasteiger partial charge in [-0.15, -0.1) is 0 Å². The maximum atomic E-state index is 13.0. The molecule has 0 bridgehead atoms. The summed E-state index contributed by atoms with van der Waals surface area (Å²) < 4.78 is 5.40. The predicted octanol–water partition coefficient (Wildman–Crippen LogP) is 4.78. The molecule has 3 rings (SSSR count). The van der Waals surface area contributed by atoms with E-state index in [4.69, 9.17) is 27.9 Å². The van der Waals surface area contributed by atoms with Crippen LogP contribution in [-0.4, -0.2) is 23.8 Å². The third-order valence-corrected chi connectivity index (χ3v) is 4.93. The van der Waals surface area contributed by atoms with Gasteiger partial charge in [0.05, 0.1) is 12.8 Å². The molecule has 7 heteroatoms. The zero-order valence-electron chi connectivity index (χ0n) is 16.2. The summed E-state index contributed by atoms with van der Waals surface area (Å²) >= 11 is 11.9. The van der Waals surface area contributed by atoms with E-state index in [2.05, 4.69) is 10.5 Å². The van der Waals surface area contributed by atoms with E-state index in [-0.39, 0.29) is 0 Å². The molecule has 0 fully saturated rings. The largest absolute Gasteiger partial charge is 0.494 e. The molecule has 30 heavy (non-hydrogen) atoms. The first-order valence-electron chi connectivity index (χ1n) is 9.24. The molecule has 0 atom stereocenters. The van der Waals surface area contributed by atoms with Crippen LogP contribution in [0.25, 0.3) is 0 Å². The first-order valence-corrected chi connectivity index (χ1v) is 10.00. The van der Waals surface area contributed by atoms with Gasteiger partial charge in [-0.2, -0.15) is 5.10 Å². The normalized spacial score (nSPS) is 11.5. The van der Waals surface area contributed by atoms with Crippen molar-refractivity contribution in [2.75, 3.05) is 6.61 Å². The molecule has 0 aliphatic carbocycles. The van der Waals surface area contributed by atoms with Crippen LogP contribution in [-0.2, 0) is 10.4 Å². The van der Waals surface area contributed by atoms with E-state index in [1.54, 1.807) is 48.5 Å². The van der Waals surface area contributed by atoms with Crippen molar-refractivity contribution >= 4 is 35.3 Å². The highest BCUT2D eigenvalue weighted by Gasteiger charge is 2.40. The smallest absolute Gasteiger partial charge is 0.281 e. The molecule has 3 aromatic rings. The van der Waals surface area contributed by atoms with Crippen LogP contribution in [0, 0.1) is 0 Å². The molecule has 3 aromatic carbocycles. The molecule has 0 saturated carbocycles. The second kappa shape index (κ2) is 9.76. The van der Waals surface area contributed by atoms with Gasteiger partial charge < -0.3 is 9.84 Å². The lowest BCUT2D eigenvalue weighted by molar-refractivity contribution is -0.136. The van der Waals surface area contributed by atoms with E-state index in [1.165, 1.54) is 6.21 Å². The van der Waals surface area contributed by atoms with Crippen molar-refractivity contribution in [3.05, 3.63) is 99.5 Å². The first-order chi connectivity index (χ1) is 14.4. The Hall–Kier alpha value is -2.86. The highest BCUT2D eigenvalue weighted by Crippen LogP contribution is 2.31. The Morgan fingerprint density at radius 1 is 0.967 bits per heavy atom. The minimum atomic E-state index is -1.98. The van der Waals surface area contributed by atoms with Crippen molar-refractivity contribution in [3.63, 3.8) is 0 Å². The molecule has 0 unspecified atom stereocenters. The highest BCUT2D eigenvalue weighted by molar-refractivity contribution is 6.30. The Morgan fingerprint density at radius 2 is 1.47 bits per heavy atom. The molecular formula is C23H20Cl2N2O3. The van der Waals surface area contributed by atoms with Gasteiger partial charge in [-0.3, -0.25) is 4.79 Å². The quantitative estimate of drug-likeness (QED) is 0.408. The van der Waals surface area contributed by atoms with Crippen LogP contribution < -0.4 is 10.2 Å². The molecule has 0 radical (unpaired) electrons. The fraction of sp³-hybridized carbons (Fsp3) is 0.130. The summed E-state index contributed by atoms with van der Waals surface area (Å²) in [6.07, 6.45) is 1.48. The van der Waals surface area contributed by atoms with E-state index in [0.717, 1.165) is 11.3 Å². The average molecular weight is 443 g/mol. The second-order valence-corrected chi connectivity index (χ2v) is 7.30. The van der Waals surface area contributed by atoms with Crippen molar-refractivity contribution in [3.8, 4) is 5.75 Å². The highest BCUT2D eigenvalue weighted by atomic mass is 35.5. The lowest BCUT2D eigenvalue weighted by Gasteiger charge is -2.27. The molecule has 1 amide bonds. The van der Waals surface area contributed by atoms with Gasteiger partial charge in [0.15, 0.2) is 5.60 Å². The number of rotatable bonds is 7. The van der Waals surface area contributed by atoms with Crippen molar-refractivity contribution in [1.82, 2.24) is 5.43 Å². The van der Waals surface area contributed by atoms with E-state index in [0.29, 0.717) is 27.8 Å². The summed E-state index contributed by atoms with van der Waals surface area (Å²) in [5.41, 5.74) is 1.90. The van der Waals surface area contributed by atoms with Crippen molar-refractivity contribution in [2.24, 2.45) is 5.10 Å².